The van der Waals surface area contributed by atoms with Crippen LogP contribution < -0.4 is 10.1 Å². The summed E-state index contributed by atoms with van der Waals surface area (Å²) in [7, 11) is 0. The van der Waals surface area contributed by atoms with E-state index in [0.29, 0.717) is 18.4 Å². The average molecular weight is 223 g/mol. The zero-order valence-electron chi connectivity index (χ0n) is 9.39. The molecule has 1 heterocycles. The summed E-state index contributed by atoms with van der Waals surface area (Å²) in [5, 5.41) is 12.4. The second-order valence-electron chi connectivity index (χ2n) is 4.05. The van der Waals surface area contributed by atoms with Gasteiger partial charge >= 0.3 is 0 Å². The van der Waals surface area contributed by atoms with Crippen molar-refractivity contribution in [3.63, 3.8) is 0 Å². The molecule has 1 saturated carbocycles. The van der Waals surface area contributed by atoms with E-state index < -0.39 is 0 Å². The van der Waals surface area contributed by atoms with Crippen LogP contribution in [0.4, 0.5) is 5.82 Å². The van der Waals surface area contributed by atoms with Crippen LogP contribution in [-0.4, -0.2) is 34.3 Å². The molecule has 1 aliphatic carbocycles. The number of anilines is 1. The van der Waals surface area contributed by atoms with Gasteiger partial charge in [-0.1, -0.05) is 0 Å². The van der Waals surface area contributed by atoms with Gasteiger partial charge in [0.25, 0.3) is 0 Å². The van der Waals surface area contributed by atoms with Crippen LogP contribution in [0.3, 0.4) is 0 Å². The van der Waals surface area contributed by atoms with Gasteiger partial charge in [-0.15, -0.1) is 0 Å². The molecule has 2 rings (SSSR count). The van der Waals surface area contributed by atoms with Crippen LogP contribution in [-0.2, 0) is 0 Å². The van der Waals surface area contributed by atoms with Gasteiger partial charge in [0.15, 0.2) is 0 Å². The molecule has 88 valence electrons. The minimum absolute atomic E-state index is 0.101. The van der Waals surface area contributed by atoms with Gasteiger partial charge in [-0.2, -0.15) is 0 Å². The Balaban J connectivity index is 1.81. The van der Waals surface area contributed by atoms with E-state index in [1.165, 1.54) is 6.33 Å². The van der Waals surface area contributed by atoms with E-state index in [-0.39, 0.29) is 6.10 Å². The zero-order valence-corrected chi connectivity index (χ0v) is 9.39. The van der Waals surface area contributed by atoms with Crippen LogP contribution in [0.1, 0.15) is 19.8 Å². The van der Waals surface area contributed by atoms with Crippen molar-refractivity contribution >= 4 is 5.82 Å². The Hall–Kier alpha value is -1.36. The number of aromatic nitrogens is 2. The molecule has 1 aromatic rings. The summed E-state index contributed by atoms with van der Waals surface area (Å²) in [5.74, 6) is 1.92. The van der Waals surface area contributed by atoms with E-state index in [9.17, 15) is 0 Å². The first-order valence-corrected chi connectivity index (χ1v) is 5.64. The van der Waals surface area contributed by atoms with Gasteiger partial charge in [0.2, 0.25) is 5.88 Å². The molecular formula is C11H17N3O2. The summed E-state index contributed by atoms with van der Waals surface area (Å²) in [5.41, 5.74) is 0. The molecule has 0 saturated heterocycles. The third-order valence-corrected chi connectivity index (χ3v) is 2.72. The topological polar surface area (TPSA) is 67.3 Å². The van der Waals surface area contributed by atoms with Crippen LogP contribution in [0.5, 0.6) is 5.88 Å². The molecule has 16 heavy (non-hydrogen) atoms. The van der Waals surface area contributed by atoms with E-state index in [2.05, 4.69) is 15.3 Å². The van der Waals surface area contributed by atoms with Crippen molar-refractivity contribution in [2.24, 2.45) is 5.92 Å². The smallest absolute Gasteiger partial charge is 0.218 e. The van der Waals surface area contributed by atoms with Gasteiger partial charge in [0.05, 0.1) is 12.7 Å². The van der Waals surface area contributed by atoms with Crippen molar-refractivity contribution in [1.82, 2.24) is 9.97 Å². The van der Waals surface area contributed by atoms with E-state index in [4.69, 9.17) is 9.84 Å². The highest BCUT2D eigenvalue weighted by molar-refractivity contribution is 5.37. The first-order chi connectivity index (χ1) is 7.78. The van der Waals surface area contributed by atoms with Crippen molar-refractivity contribution in [2.45, 2.75) is 25.9 Å². The Morgan fingerprint density at radius 3 is 3.00 bits per heavy atom. The quantitative estimate of drug-likeness (QED) is 0.781. The van der Waals surface area contributed by atoms with Crippen LogP contribution in [0.15, 0.2) is 12.4 Å². The Morgan fingerprint density at radius 2 is 2.31 bits per heavy atom. The van der Waals surface area contributed by atoms with E-state index in [1.807, 2.05) is 6.92 Å². The number of hydrogen-bond donors (Lipinski definition) is 2. The maximum atomic E-state index is 9.16. The number of hydrogen-bond acceptors (Lipinski definition) is 5. The first-order valence-electron chi connectivity index (χ1n) is 5.64. The highest BCUT2D eigenvalue weighted by Crippen LogP contribution is 2.27. The fourth-order valence-corrected chi connectivity index (χ4v) is 1.78. The largest absolute Gasteiger partial charge is 0.478 e. The highest BCUT2D eigenvalue weighted by Gasteiger charge is 2.26. The van der Waals surface area contributed by atoms with E-state index >= 15 is 0 Å². The van der Waals surface area contributed by atoms with Crippen molar-refractivity contribution in [1.29, 1.82) is 0 Å². The van der Waals surface area contributed by atoms with E-state index in [0.717, 1.165) is 25.2 Å². The lowest BCUT2D eigenvalue weighted by atomic mass is 9.82. The Kier molecular flexibility index (Phi) is 3.56. The number of nitrogens with zero attached hydrogens (tertiary/aromatic N) is 2. The monoisotopic (exact) mass is 223 g/mol. The van der Waals surface area contributed by atoms with Gasteiger partial charge in [0.1, 0.15) is 12.1 Å². The maximum Gasteiger partial charge on any atom is 0.218 e. The van der Waals surface area contributed by atoms with Crippen LogP contribution in [0.25, 0.3) is 0 Å². The number of nitrogens with one attached hydrogen (secondary N) is 1. The molecule has 5 heteroatoms. The van der Waals surface area contributed by atoms with Crippen molar-refractivity contribution < 1.29 is 9.84 Å². The highest BCUT2D eigenvalue weighted by atomic mass is 16.5. The van der Waals surface area contributed by atoms with Crippen LogP contribution in [0.2, 0.25) is 0 Å². The molecule has 0 bridgehead atoms. The molecule has 0 spiro atoms. The molecule has 5 nitrogen and oxygen atoms in total. The van der Waals surface area contributed by atoms with Gasteiger partial charge in [-0.3, -0.25) is 0 Å². The molecule has 1 aliphatic rings. The standard InChI is InChI=1S/C11H17N3O2/c1-2-16-11-5-10(13-7-14-11)12-6-8-3-9(15)4-8/h5,7-9,15H,2-4,6H2,1H3,(H,12,13,14). The van der Waals surface area contributed by atoms with Gasteiger partial charge in [0, 0.05) is 12.6 Å². The Labute approximate surface area is 94.9 Å². The molecular weight excluding hydrogens is 206 g/mol. The zero-order chi connectivity index (χ0) is 11.4. The van der Waals surface area contributed by atoms with Crippen molar-refractivity contribution in [3.05, 3.63) is 12.4 Å². The predicted molar refractivity (Wildman–Crippen MR) is 60.4 cm³/mol. The summed E-state index contributed by atoms with van der Waals surface area (Å²) >= 11 is 0. The second-order valence-corrected chi connectivity index (χ2v) is 4.05. The third kappa shape index (κ3) is 2.82. The fourth-order valence-electron chi connectivity index (χ4n) is 1.78. The van der Waals surface area contributed by atoms with Crippen molar-refractivity contribution in [3.8, 4) is 5.88 Å². The Morgan fingerprint density at radius 1 is 1.50 bits per heavy atom. The normalized spacial score (nSPS) is 23.6. The summed E-state index contributed by atoms with van der Waals surface area (Å²) in [4.78, 5) is 8.10. The lowest BCUT2D eigenvalue weighted by Gasteiger charge is -2.31. The second kappa shape index (κ2) is 5.12. The summed E-state index contributed by atoms with van der Waals surface area (Å²) < 4.78 is 5.28. The Bertz CT molecular complexity index is 340. The molecule has 0 radical (unpaired) electrons. The molecule has 0 aliphatic heterocycles. The lowest BCUT2D eigenvalue weighted by molar-refractivity contribution is 0.0486. The lowest BCUT2D eigenvalue weighted by Crippen LogP contribution is -2.33. The summed E-state index contributed by atoms with van der Waals surface area (Å²) in [6, 6.07) is 1.79. The molecule has 0 atom stereocenters. The van der Waals surface area contributed by atoms with Gasteiger partial charge in [-0.05, 0) is 25.7 Å². The van der Waals surface area contributed by atoms with Gasteiger partial charge < -0.3 is 15.2 Å². The first kappa shape index (κ1) is 11.1. The minimum atomic E-state index is -0.101. The van der Waals surface area contributed by atoms with Crippen molar-refractivity contribution in [2.75, 3.05) is 18.5 Å². The number of rotatable bonds is 5. The summed E-state index contributed by atoms with van der Waals surface area (Å²) in [6.45, 7) is 3.37. The third-order valence-electron chi connectivity index (χ3n) is 2.72. The van der Waals surface area contributed by atoms with Crippen LogP contribution in [0, 0.1) is 5.92 Å². The van der Waals surface area contributed by atoms with Gasteiger partial charge in [-0.25, -0.2) is 9.97 Å². The number of aliphatic hydroxyl groups is 1. The van der Waals surface area contributed by atoms with E-state index in [1.54, 1.807) is 6.07 Å². The predicted octanol–water partition coefficient (Wildman–Crippen LogP) is 1.06. The number of aliphatic hydroxyl groups excluding tert-OH is 1. The fraction of sp³-hybridized carbons (Fsp3) is 0.636. The molecule has 1 aromatic heterocycles. The molecule has 0 aromatic carbocycles. The maximum absolute atomic E-state index is 9.16. The molecule has 0 unspecified atom stereocenters. The SMILES string of the molecule is CCOc1cc(NCC2CC(O)C2)ncn1. The number of ether oxygens (including phenoxy) is 1. The molecule has 1 fully saturated rings. The summed E-state index contributed by atoms with van der Waals surface area (Å²) in [6.07, 6.45) is 3.16. The average Bonchev–Trinajstić information content (AvgIpc) is 2.24. The minimum Gasteiger partial charge on any atom is -0.478 e. The molecule has 0 amide bonds. The van der Waals surface area contributed by atoms with Crippen LogP contribution >= 0.6 is 0 Å². The molecule has 2 N–H and O–H groups in total.